The van der Waals surface area contributed by atoms with Gasteiger partial charge in [-0.1, -0.05) is 12.8 Å². The highest BCUT2D eigenvalue weighted by Gasteiger charge is 2.25. The van der Waals surface area contributed by atoms with Crippen LogP contribution in [-0.4, -0.2) is 14.9 Å². The molecule has 1 unspecified atom stereocenters. The summed E-state index contributed by atoms with van der Waals surface area (Å²) in [6.45, 7) is 0. The van der Waals surface area contributed by atoms with Crippen LogP contribution in [0, 0.1) is 5.92 Å². The number of aliphatic hydroxyl groups is 1. The zero-order valence-electron chi connectivity index (χ0n) is 7.98. The molecule has 0 spiro atoms. The van der Waals surface area contributed by atoms with Crippen molar-refractivity contribution in [3.63, 3.8) is 0 Å². The molecule has 1 heterocycles. The van der Waals surface area contributed by atoms with Crippen molar-refractivity contribution in [2.24, 2.45) is 13.0 Å². The molecule has 1 aliphatic rings. The van der Waals surface area contributed by atoms with Crippen molar-refractivity contribution in [2.75, 3.05) is 0 Å². The fraction of sp³-hybridized carbons (Fsp3) is 0.700. The van der Waals surface area contributed by atoms with Crippen molar-refractivity contribution < 1.29 is 5.11 Å². The van der Waals surface area contributed by atoms with E-state index in [0.717, 1.165) is 18.5 Å². The second kappa shape index (κ2) is 3.50. The maximum absolute atomic E-state index is 9.96. The SMILES string of the molecule is Cn1ccc(C(O)C2CCCC2)n1. The van der Waals surface area contributed by atoms with Crippen molar-refractivity contribution in [3.8, 4) is 0 Å². The van der Waals surface area contributed by atoms with Gasteiger partial charge in [0.25, 0.3) is 0 Å². The van der Waals surface area contributed by atoms with Crippen LogP contribution < -0.4 is 0 Å². The molecule has 1 aromatic rings. The minimum Gasteiger partial charge on any atom is -0.386 e. The lowest BCUT2D eigenvalue weighted by atomic mass is 9.99. The largest absolute Gasteiger partial charge is 0.386 e. The Bertz CT molecular complexity index is 276. The van der Waals surface area contributed by atoms with Gasteiger partial charge in [-0.2, -0.15) is 5.10 Å². The van der Waals surface area contributed by atoms with Gasteiger partial charge in [-0.05, 0) is 24.8 Å². The van der Waals surface area contributed by atoms with E-state index in [4.69, 9.17) is 0 Å². The van der Waals surface area contributed by atoms with E-state index in [1.807, 2.05) is 19.3 Å². The zero-order chi connectivity index (χ0) is 9.26. The van der Waals surface area contributed by atoms with Gasteiger partial charge >= 0.3 is 0 Å². The van der Waals surface area contributed by atoms with Crippen LogP contribution in [0.1, 0.15) is 37.5 Å². The third-order valence-corrected chi connectivity index (χ3v) is 2.88. The van der Waals surface area contributed by atoms with Crippen LogP contribution in [0.2, 0.25) is 0 Å². The Morgan fingerprint density at radius 3 is 2.77 bits per heavy atom. The molecule has 0 aliphatic heterocycles. The molecular formula is C10H16N2O. The van der Waals surface area contributed by atoms with Gasteiger partial charge in [0.2, 0.25) is 0 Å². The third kappa shape index (κ3) is 1.75. The lowest BCUT2D eigenvalue weighted by Gasteiger charge is -2.14. The average Bonchev–Trinajstić information content (AvgIpc) is 2.72. The van der Waals surface area contributed by atoms with Crippen molar-refractivity contribution >= 4 is 0 Å². The molecule has 2 rings (SSSR count). The van der Waals surface area contributed by atoms with Crippen LogP contribution in [0.3, 0.4) is 0 Å². The first-order valence-corrected chi connectivity index (χ1v) is 4.95. The van der Waals surface area contributed by atoms with E-state index in [1.54, 1.807) is 4.68 Å². The summed E-state index contributed by atoms with van der Waals surface area (Å²) in [7, 11) is 1.88. The highest BCUT2D eigenvalue weighted by molar-refractivity contribution is 5.04. The van der Waals surface area contributed by atoms with Crippen LogP contribution in [0.15, 0.2) is 12.3 Å². The fourth-order valence-corrected chi connectivity index (χ4v) is 2.11. The summed E-state index contributed by atoms with van der Waals surface area (Å²) < 4.78 is 1.74. The standard InChI is InChI=1S/C10H16N2O/c1-12-7-6-9(11-12)10(13)8-4-2-3-5-8/h6-8,10,13H,2-5H2,1H3. The van der Waals surface area contributed by atoms with E-state index in [0.29, 0.717) is 5.92 Å². The number of aliphatic hydroxyl groups excluding tert-OH is 1. The number of nitrogens with zero attached hydrogens (tertiary/aromatic N) is 2. The molecule has 1 atom stereocenters. The van der Waals surface area contributed by atoms with E-state index in [9.17, 15) is 5.11 Å². The van der Waals surface area contributed by atoms with Crippen LogP contribution in [0.5, 0.6) is 0 Å². The summed E-state index contributed by atoms with van der Waals surface area (Å²) in [6.07, 6.45) is 6.36. The lowest BCUT2D eigenvalue weighted by molar-refractivity contribution is 0.107. The molecule has 0 radical (unpaired) electrons. The highest BCUT2D eigenvalue weighted by atomic mass is 16.3. The van der Waals surface area contributed by atoms with Gasteiger partial charge in [-0.3, -0.25) is 4.68 Å². The van der Waals surface area contributed by atoms with Crippen LogP contribution in [0.25, 0.3) is 0 Å². The van der Waals surface area contributed by atoms with Crippen LogP contribution >= 0.6 is 0 Å². The first-order valence-electron chi connectivity index (χ1n) is 4.95. The second-order valence-corrected chi connectivity index (χ2v) is 3.90. The fourth-order valence-electron chi connectivity index (χ4n) is 2.11. The highest BCUT2D eigenvalue weighted by Crippen LogP contribution is 2.34. The quantitative estimate of drug-likeness (QED) is 0.751. The Morgan fingerprint density at radius 2 is 2.23 bits per heavy atom. The summed E-state index contributed by atoms with van der Waals surface area (Å²) in [5, 5.41) is 14.2. The Kier molecular flexibility index (Phi) is 2.36. The summed E-state index contributed by atoms with van der Waals surface area (Å²) in [4.78, 5) is 0. The Labute approximate surface area is 78.4 Å². The number of rotatable bonds is 2. The molecule has 72 valence electrons. The van der Waals surface area contributed by atoms with Gasteiger partial charge in [0.15, 0.2) is 0 Å². The number of aryl methyl sites for hydroxylation is 1. The average molecular weight is 180 g/mol. The summed E-state index contributed by atoms with van der Waals surface area (Å²) in [5.41, 5.74) is 0.828. The molecule has 1 saturated carbocycles. The van der Waals surface area contributed by atoms with Crippen LogP contribution in [0.4, 0.5) is 0 Å². The molecule has 3 heteroatoms. The number of aromatic nitrogens is 2. The molecule has 3 nitrogen and oxygen atoms in total. The minimum atomic E-state index is -0.344. The molecule has 0 bridgehead atoms. The lowest BCUT2D eigenvalue weighted by Crippen LogP contribution is -2.09. The van der Waals surface area contributed by atoms with E-state index < -0.39 is 0 Å². The van der Waals surface area contributed by atoms with Gasteiger partial charge in [0.1, 0.15) is 6.10 Å². The van der Waals surface area contributed by atoms with E-state index >= 15 is 0 Å². The van der Waals surface area contributed by atoms with Gasteiger partial charge in [-0.15, -0.1) is 0 Å². The first kappa shape index (κ1) is 8.75. The van der Waals surface area contributed by atoms with Gasteiger partial charge in [-0.25, -0.2) is 0 Å². The number of hydrogen-bond acceptors (Lipinski definition) is 2. The minimum absolute atomic E-state index is 0.344. The molecule has 0 amide bonds. The molecule has 1 aliphatic carbocycles. The molecule has 0 aromatic carbocycles. The Balaban J connectivity index is 2.07. The molecule has 0 saturated heterocycles. The molecule has 1 fully saturated rings. The first-order chi connectivity index (χ1) is 6.27. The molecule has 13 heavy (non-hydrogen) atoms. The molecular weight excluding hydrogens is 164 g/mol. The van der Waals surface area contributed by atoms with Gasteiger partial charge < -0.3 is 5.11 Å². The number of hydrogen-bond donors (Lipinski definition) is 1. The Hall–Kier alpha value is -0.830. The van der Waals surface area contributed by atoms with Crippen molar-refractivity contribution in [3.05, 3.63) is 18.0 Å². The normalized spacial score (nSPS) is 20.8. The van der Waals surface area contributed by atoms with Gasteiger partial charge in [0.05, 0.1) is 5.69 Å². The second-order valence-electron chi connectivity index (χ2n) is 3.90. The van der Waals surface area contributed by atoms with E-state index in [2.05, 4.69) is 5.10 Å². The third-order valence-electron chi connectivity index (χ3n) is 2.88. The topological polar surface area (TPSA) is 38.0 Å². The summed E-state index contributed by atoms with van der Waals surface area (Å²) in [5.74, 6) is 0.440. The molecule has 1 aromatic heterocycles. The van der Waals surface area contributed by atoms with Gasteiger partial charge in [0, 0.05) is 13.2 Å². The maximum Gasteiger partial charge on any atom is 0.101 e. The van der Waals surface area contributed by atoms with Crippen LogP contribution in [-0.2, 0) is 7.05 Å². The summed E-state index contributed by atoms with van der Waals surface area (Å²) in [6, 6.07) is 1.91. The Morgan fingerprint density at radius 1 is 1.54 bits per heavy atom. The summed E-state index contributed by atoms with van der Waals surface area (Å²) >= 11 is 0. The predicted molar refractivity (Wildman–Crippen MR) is 50.1 cm³/mol. The zero-order valence-corrected chi connectivity index (χ0v) is 7.98. The van der Waals surface area contributed by atoms with E-state index in [-0.39, 0.29) is 6.10 Å². The van der Waals surface area contributed by atoms with Crippen molar-refractivity contribution in [1.82, 2.24) is 9.78 Å². The van der Waals surface area contributed by atoms with Crippen molar-refractivity contribution in [1.29, 1.82) is 0 Å². The van der Waals surface area contributed by atoms with Crippen molar-refractivity contribution in [2.45, 2.75) is 31.8 Å². The smallest absolute Gasteiger partial charge is 0.101 e. The van der Waals surface area contributed by atoms with E-state index in [1.165, 1.54) is 12.8 Å². The monoisotopic (exact) mass is 180 g/mol. The molecule has 1 N–H and O–H groups in total. The maximum atomic E-state index is 9.96. The predicted octanol–water partition coefficient (Wildman–Crippen LogP) is 1.64.